The lowest BCUT2D eigenvalue weighted by atomic mass is 10.2. The average Bonchev–Trinajstić information content (AvgIpc) is 3.00. The second kappa shape index (κ2) is 5.09. The molecule has 1 saturated heterocycles. The molecule has 7 nitrogen and oxygen atoms in total. The van der Waals surface area contributed by atoms with Gasteiger partial charge in [0.2, 0.25) is 0 Å². The van der Waals surface area contributed by atoms with Gasteiger partial charge in [-0.15, -0.1) is 8.78 Å². The third kappa shape index (κ3) is 2.80. The molecule has 1 aromatic carbocycles. The highest BCUT2D eigenvalue weighted by atomic mass is 19.3. The smallest absolute Gasteiger partial charge is 0.479 e. The molecule has 0 spiro atoms. The molecule has 118 valence electrons. The molecule has 22 heavy (non-hydrogen) atoms. The highest BCUT2D eigenvalue weighted by Crippen LogP contribution is 2.42. The van der Waals surface area contributed by atoms with Gasteiger partial charge < -0.3 is 24.6 Å². The molecule has 2 atom stereocenters. The van der Waals surface area contributed by atoms with Gasteiger partial charge in [-0.3, -0.25) is 4.79 Å². The zero-order valence-electron chi connectivity index (χ0n) is 11.0. The first kappa shape index (κ1) is 14.5. The second-order valence-corrected chi connectivity index (χ2v) is 4.85. The number of anilines is 1. The lowest BCUT2D eigenvalue weighted by molar-refractivity contribution is -0.286. The number of carboxylic acids is 1. The fraction of sp³-hybridized carbons (Fsp3) is 0.385. The number of alkyl halides is 2. The molecular formula is C13H11F2NO6. The molecule has 1 amide bonds. The molecule has 2 N–H and O–H groups in total. The molecule has 1 aromatic rings. The Morgan fingerprint density at radius 3 is 2.55 bits per heavy atom. The van der Waals surface area contributed by atoms with E-state index in [2.05, 4.69) is 14.8 Å². The molecule has 0 aromatic heterocycles. The van der Waals surface area contributed by atoms with Crippen LogP contribution in [0.4, 0.5) is 14.5 Å². The fourth-order valence-corrected chi connectivity index (χ4v) is 2.26. The van der Waals surface area contributed by atoms with Crippen molar-refractivity contribution in [3.8, 4) is 11.5 Å². The van der Waals surface area contributed by atoms with E-state index in [-0.39, 0.29) is 30.0 Å². The van der Waals surface area contributed by atoms with Gasteiger partial charge in [0.05, 0.1) is 0 Å². The molecule has 3 rings (SSSR count). The molecule has 2 aliphatic rings. The Hall–Kier alpha value is -2.42. The summed E-state index contributed by atoms with van der Waals surface area (Å²) in [6, 6.07) is 3.80. The Bertz CT molecular complexity index is 635. The molecule has 0 radical (unpaired) electrons. The number of halogens is 2. The van der Waals surface area contributed by atoms with Crippen LogP contribution < -0.4 is 14.8 Å². The Morgan fingerprint density at radius 1 is 1.18 bits per heavy atom. The summed E-state index contributed by atoms with van der Waals surface area (Å²) >= 11 is 0. The zero-order chi connectivity index (χ0) is 15.9. The third-order valence-corrected chi connectivity index (χ3v) is 3.26. The van der Waals surface area contributed by atoms with Gasteiger partial charge >= 0.3 is 12.3 Å². The van der Waals surface area contributed by atoms with E-state index < -0.39 is 30.4 Å². The van der Waals surface area contributed by atoms with Crippen LogP contribution in [0.25, 0.3) is 0 Å². The van der Waals surface area contributed by atoms with Gasteiger partial charge in [-0.2, -0.15) is 0 Å². The summed E-state index contributed by atoms with van der Waals surface area (Å²) in [6.45, 7) is 0. The summed E-state index contributed by atoms with van der Waals surface area (Å²) in [6.07, 6.45) is -5.13. The van der Waals surface area contributed by atoms with Crippen LogP contribution in [0.15, 0.2) is 18.2 Å². The van der Waals surface area contributed by atoms with Gasteiger partial charge in [0.25, 0.3) is 5.91 Å². The molecule has 0 aliphatic carbocycles. The van der Waals surface area contributed by atoms with E-state index in [4.69, 9.17) is 9.84 Å². The molecule has 9 heteroatoms. The van der Waals surface area contributed by atoms with E-state index in [1.165, 1.54) is 18.2 Å². The van der Waals surface area contributed by atoms with E-state index in [9.17, 15) is 18.4 Å². The van der Waals surface area contributed by atoms with Crippen molar-refractivity contribution in [2.24, 2.45) is 0 Å². The third-order valence-electron chi connectivity index (χ3n) is 3.26. The van der Waals surface area contributed by atoms with Crippen LogP contribution in [0.2, 0.25) is 0 Å². The number of fused-ring (bicyclic) bond motifs is 1. The fourth-order valence-electron chi connectivity index (χ4n) is 2.26. The molecule has 1 fully saturated rings. The van der Waals surface area contributed by atoms with Crippen molar-refractivity contribution in [2.45, 2.75) is 31.3 Å². The first-order chi connectivity index (χ1) is 10.3. The topological polar surface area (TPSA) is 94.1 Å². The lowest BCUT2D eigenvalue weighted by Gasteiger charge is -2.12. The summed E-state index contributed by atoms with van der Waals surface area (Å²) in [5.41, 5.74) is 0.215. The van der Waals surface area contributed by atoms with Crippen LogP contribution in [0.5, 0.6) is 11.5 Å². The predicted molar refractivity (Wildman–Crippen MR) is 66.8 cm³/mol. The Balaban J connectivity index is 1.65. The maximum atomic E-state index is 12.9. The standard InChI is InChI=1S/C13H11F2NO6/c14-13(15)21-7-2-1-6(5-10(7)22-13)16-11(17)8-3-4-9(20-8)12(18)19/h1-2,5,8-9H,3-4H2,(H,16,17)(H,18,19)/t8-,9+/m0/s1. The number of carbonyl (C=O) groups excluding carboxylic acids is 1. The highest BCUT2D eigenvalue weighted by Gasteiger charge is 2.43. The summed E-state index contributed by atoms with van der Waals surface area (Å²) in [4.78, 5) is 22.7. The van der Waals surface area contributed by atoms with Crippen LogP contribution in [-0.2, 0) is 14.3 Å². The van der Waals surface area contributed by atoms with Crippen molar-refractivity contribution in [3.63, 3.8) is 0 Å². The Morgan fingerprint density at radius 2 is 1.86 bits per heavy atom. The minimum Gasteiger partial charge on any atom is -0.479 e. The number of carbonyl (C=O) groups is 2. The number of benzene rings is 1. The number of rotatable bonds is 3. The number of amides is 1. The largest absolute Gasteiger partial charge is 0.586 e. The number of hydrogen-bond donors (Lipinski definition) is 2. The van der Waals surface area contributed by atoms with Gasteiger partial charge in [-0.1, -0.05) is 0 Å². The van der Waals surface area contributed by atoms with Crippen molar-refractivity contribution in [2.75, 3.05) is 5.32 Å². The zero-order valence-corrected chi connectivity index (χ0v) is 11.0. The summed E-state index contributed by atoms with van der Waals surface area (Å²) in [5.74, 6) is -2.00. The first-order valence-electron chi connectivity index (χ1n) is 6.43. The maximum absolute atomic E-state index is 12.9. The normalized spacial score (nSPS) is 25.0. The van der Waals surface area contributed by atoms with Crippen LogP contribution in [-0.4, -0.2) is 35.5 Å². The minimum absolute atomic E-state index is 0.133. The average molecular weight is 315 g/mol. The summed E-state index contributed by atoms with van der Waals surface area (Å²) in [7, 11) is 0. The number of hydrogen-bond acceptors (Lipinski definition) is 5. The molecule has 0 saturated carbocycles. The van der Waals surface area contributed by atoms with Crippen LogP contribution in [0.1, 0.15) is 12.8 Å². The van der Waals surface area contributed by atoms with Crippen LogP contribution in [0, 0.1) is 0 Å². The summed E-state index contributed by atoms with van der Waals surface area (Å²) < 4.78 is 39.4. The lowest BCUT2D eigenvalue weighted by Crippen LogP contribution is -2.29. The van der Waals surface area contributed by atoms with E-state index in [0.29, 0.717) is 0 Å². The van der Waals surface area contributed by atoms with Gasteiger partial charge in [-0.25, -0.2) is 4.79 Å². The highest BCUT2D eigenvalue weighted by molar-refractivity contribution is 5.95. The quantitative estimate of drug-likeness (QED) is 0.879. The van der Waals surface area contributed by atoms with Crippen molar-refractivity contribution >= 4 is 17.6 Å². The molecule has 2 aliphatic heterocycles. The van der Waals surface area contributed by atoms with Crippen LogP contribution in [0.3, 0.4) is 0 Å². The van der Waals surface area contributed by atoms with E-state index in [1.54, 1.807) is 0 Å². The maximum Gasteiger partial charge on any atom is 0.586 e. The molecule has 0 bridgehead atoms. The van der Waals surface area contributed by atoms with Crippen LogP contribution >= 0.6 is 0 Å². The van der Waals surface area contributed by atoms with Crippen molar-refractivity contribution < 1.29 is 37.7 Å². The molecule has 2 heterocycles. The minimum atomic E-state index is -3.73. The monoisotopic (exact) mass is 315 g/mol. The number of carboxylic acid groups (broad SMARTS) is 1. The van der Waals surface area contributed by atoms with Gasteiger partial charge in [0, 0.05) is 11.8 Å². The molecular weight excluding hydrogens is 304 g/mol. The van der Waals surface area contributed by atoms with Gasteiger partial charge in [-0.05, 0) is 25.0 Å². The predicted octanol–water partition coefficient (Wildman–Crippen LogP) is 1.58. The van der Waals surface area contributed by atoms with Crippen molar-refractivity contribution in [1.82, 2.24) is 0 Å². The second-order valence-electron chi connectivity index (χ2n) is 4.85. The number of ether oxygens (including phenoxy) is 3. The number of aliphatic carboxylic acids is 1. The Kier molecular flexibility index (Phi) is 3.36. The summed E-state index contributed by atoms with van der Waals surface area (Å²) in [5, 5.41) is 11.3. The van der Waals surface area contributed by atoms with Gasteiger partial charge in [0.15, 0.2) is 17.6 Å². The van der Waals surface area contributed by atoms with Crippen molar-refractivity contribution in [3.05, 3.63) is 18.2 Å². The first-order valence-corrected chi connectivity index (χ1v) is 6.43. The molecule has 0 unspecified atom stereocenters. The Labute approximate surface area is 122 Å². The van der Waals surface area contributed by atoms with E-state index >= 15 is 0 Å². The SMILES string of the molecule is O=C(Nc1ccc2c(c1)OC(F)(F)O2)[C@@H]1CC[C@H](C(=O)O)O1. The number of nitrogens with one attached hydrogen (secondary N) is 1. The van der Waals surface area contributed by atoms with E-state index in [1.807, 2.05) is 0 Å². The van der Waals surface area contributed by atoms with Crippen molar-refractivity contribution in [1.29, 1.82) is 0 Å². The van der Waals surface area contributed by atoms with E-state index in [0.717, 1.165) is 0 Å². The van der Waals surface area contributed by atoms with Gasteiger partial charge in [0.1, 0.15) is 6.10 Å².